The number of hydrogen-bond donors (Lipinski definition) is 2. The number of nitrogens with two attached hydrogens (primary N) is 1. The predicted octanol–water partition coefficient (Wildman–Crippen LogP) is -1.50. The minimum absolute atomic E-state index is 0.350. The van der Waals surface area contributed by atoms with E-state index in [2.05, 4.69) is 16.1 Å². The van der Waals surface area contributed by atoms with E-state index in [1.165, 1.54) is 0 Å². The van der Waals surface area contributed by atoms with Gasteiger partial charge in [-0.2, -0.15) is 0 Å². The van der Waals surface area contributed by atoms with Crippen LogP contribution in [0.2, 0.25) is 0 Å². The molecule has 0 radical (unpaired) electrons. The molecule has 0 aliphatic rings. The summed E-state index contributed by atoms with van der Waals surface area (Å²) < 4.78 is 28.8. The van der Waals surface area contributed by atoms with E-state index >= 15 is 0 Å². The van der Waals surface area contributed by atoms with Crippen molar-refractivity contribution in [2.45, 2.75) is 12.6 Å². The molecule has 0 fully saturated rings. The summed E-state index contributed by atoms with van der Waals surface area (Å²) in [5.74, 6) is -2.22. The van der Waals surface area contributed by atoms with Gasteiger partial charge in [0.05, 0.1) is 18.4 Å². The lowest BCUT2D eigenvalue weighted by Gasteiger charge is -2.09. The first-order valence-corrected chi connectivity index (χ1v) is 5.22. The third-order valence-corrected chi connectivity index (χ3v) is 1.78. The SMILES string of the molecule is C=COC(=O)C(N)OC(=O)CC[SH](=O)=O. The molecular formula is C7H11NO6S. The molecule has 0 aliphatic heterocycles. The summed E-state index contributed by atoms with van der Waals surface area (Å²) in [5, 5.41) is 0. The van der Waals surface area contributed by atoms with E-state index in [-0.39, 0.29) is 12.2 Å². The second-order valence-electron chi connectivity index (χ2n) is 2.32. The van der Waals surface area contributed by atoms with Crippen molar-refractivity contribution < 1.29 is 27.5 Å². The Kier molecular flexibility index (Phi) is 6.30. The number of carbonyl (C=O) groups excluding carboxylic acids is 2. The van der Waals surface area contributed by atoms with Gasteiger partial charge >= 0.3 is 11.9 Å². The van der Waals surface area contributed by atoms with Crippen LogP contribution in [-0.2, 0) is 29.8 Å². The summed E-state index contributed by atoms with van der Waals surface area (Å²) in [5.41, 5.74) is 5.09. The number of esters is 2. The molecule has 0 aromatic carbocycles. The minimum atomic E-state index is -2.65. The van der Waals surface area contributed by atoms with Gasteiger partial charge in [0.2, 0.25) is 6.23 Å². The fourth-order valence-electron chi connectivity index (χ4n) is 0.580. The fourth-order valence-corrected chi connectivity index (χ4v) is 0.946. The largest absolute Gasteiger partial charge is 0.435 e. The van der Waals surface area contributed by atoms with Crippen molar-refractivity contribution in [3.8, 4) is 0 Å². The Balaban J connectivity index is 3.95. The van der Waals surface area contributed by atoms with Crippen LogP contribution >= 0.6 is 0 Å². The number of rotatable bonds is 6. The third kappa shape index (κ3) is 6.63. The smallest absolute Gasteiger partial charge is 0.367 e. The van der Waals surface area contributed by atoms with Crippen molar-refractivity contribution >= 4 is 22.6 Å². The van der Waals surface area contributed by atoms with Crippen molar-refractivity contribution in [3.05, 3.63) is 12.8 Å². The van der Waals surface area contributed by atoms with Gasteiger partial charge in [-0.15, -0.1) is 0 Å². The minimum Gasteiger partial charge on any atom is -0.435 e. The van der Waals surface area contributed by atoms with Gasteiger partial charge in [-0.3, -0.25) is 10.5 Å². The molecule has 0 aromatic heterocycles. The van der Waals surface area contributed by atoms with Gasteiger partial charge in [0, 0.05) is 0 Å². The Bertz CT molecular complexity index is 315. The van der Waals surface area contributed by atoms with Gasteiger partial charge in [0.1, 0.15) is 10.7 Å². The van der Waals surface area contributed by atoms with E-state index in [4.69, 9.17) is 5.73 Å². The monoisotopic (exact) mass is 237 g/mol. The first kappa shape index (κ1) is 13.6. The number of thiol groups is 1. The molecule has 86 valence electrons. The van der Waals surface area contributed by atoms with Gasteiger partial charge in [-0.1, -0.05) is 6.58 Å². The molecule has 0 spiro atoms. The lowest BCUT2D eigenvalue weighted by molar-refractivity contribution is -0.163. The molecule has 0 rings (SSSR count). The molecule has 15 heavy (non-hydrogen) atoms. The first-order chi connectivity index (χ1) is 6.97. The lowest BCUT2D eigenvalue weighted by Crippen LogP contribution is -2.36. The molecule has 0 amide bonds. The van der Waals surface area contributed by atoms with E-state index in [1.54, 1.807) is 0 Å². The van der Waals surface area contributed by atoms with E-state index < -0.39 is 28.9 Å². The van der Waals surface area contributed by atoms with Crippen LogP contribution in [0.3, 0.4) is 0 Å². The topological polar surface area (TPSA) is 113 Å². The standard InChI is InChI=1S/C7H11NO6S/c1-2-13-7(10)6(8)14-5(9)3-4-15(11)12/h2,6,15H,1,3-4,8H2. The van der Waals surface area contributed by atoms with Crippen LogP contribution in [0, 0.1) is 0 Å². The van der Waals surface area contributed by atoms with Gasteiger partial charge in [-0.05, 0) is 0 Å². The van der Waals surface area contributed by atoms with Crippen LogP contribution in [0.4, 0.5) is 0 Å². The Morgan fingerprint density at radius 2 is 2.07 bits per heavy atom. The predicted molar refractivity (Wildman–Crippen MR) is 50.2 cm³/mol. The van der Waals surface area contributed by atoms with E-state index in [0.717, 1.165) is 6.26 Å². The quantitative estimate of drug-likeness (QED) is 0.250. The molecule has 0 saturated carbocycles. The summed E-state index contributed by atoms with van der Waals surface area (Å²) in [4.78, 5) is 21.7. The van der Waals surface area contributed by atoms with Crippen molar-refractivity contribution in [3.63, 3.8) is 0 Å². The van der Waals surface area contributed by atoms with Crippen LogP contribution in [0.15, 0.2) is 12.8 Å². The molecule has 1 unspecified atom stereocenters. The number of ether oxygens (including phenoxy) is 2. The van der Waals surface area contributed by atoms with Crippen LogP contribution in [0.25, 0.3) is 0 Å². The van der Waals surface area contributed by atoms with Crippen molar-refractivity contribution in [2.75, 3.05) is 5.75 Å². The van der Waals surface area contributed by atoms with Gasteiger partial charge in [0.15, 0.2) is 0 Å². The zero-order valence-corrected chi connectivity index (χ0v) is 8.64. The van der Waals surface area contributed by atoms with Crippen LogP contribution in [-0.4, -0.2) is 32.3 Å². The Labute approximate surface area is 87.8 Å². The van der Waals surface area contributed by atoms with Crippen LogP contribution in [0.5, 0.6) is 0 Å². The van der Waals surface area contributed by atoms with Crippen molar-refractivity contribution in [2.24, 2.45) is 5.73 Å². The fraction of sp³-hybridized carbons (Fsp3) is 0.429. The van der Waals surface area contributed by atoms with Crippen LogP contribution in [0.1, 0.15) is 6.42 Å². The second-order valence-corrected chi connectivity index (χ2v) is 3.43. The maximum atomic E-state index is 10.9. The highest BCUT2D eigenvalue weighted by Gasteiger charge is 2.18. The molecule has 0 saturated heterocycles. The molecule has 8 heteroatoms. The zero-order valence-electron chi connectivity index (χ0n) is 7.75. The van der Waals surface area contributed by atoms with Gasteiger partial charge < -0.3 is 9.47 Å². The average molecular weight is 237 g/mol. The molecule has 1 atom stereocenters. The van der Waals surface area contributed by atoms with E-state index in [1.807, 2.05) is 0 Å². The number of hydrogen-bond acceptors (Lipinski definition) is 7. The summed E-state index contributed by atoms with van der Waals surface area (Å²) >= 11 is 0. The van der Waals surface area contributed by atoms with Gasteiger partial charge in [0.25, 0.3) is 0 Å². The summed E-state index contributed by atoms with van der Waals surface area (Å²) in [7, 11) is -2.65. The van der Waals surface area contributed by atoms with Gasteiger partial charge in [-0.25, -0.2) is 13.2 Å². The molecule has 0 heterocycles. The molecule has 0 aliphatic carbocycles. The molecule has 0 bridgehead atoms. The third-order valence-electron chi connectivity index (χ3n) is 1.19. The Morgan fingerprint density at radius 1 is 1.47 bits per heavy atom. The maximum Gasteiger partial charge on any atom is 0.367 e. The molecule has 2 N–H and O–H groups in total. The zero-order chi connectivity index (χ0) is 11.8. The molecule has 0 aromatic rings. The van der Waals surface area contributed by atoms with Crippen LogP contribution < -0.4 is 5.73 Å². The second kappa shape index (κ2) is 6.96. The summed E-state index contributed by atoms with van der Waals surface area (Å²) in [6, 6.07) is 0. The lowest BCUT2D eigenvalue weighted by atomic mass is 10.5. The van der Waals surface area contributed by atoms with Crippen molar-refractivity contribution in [1.82, 2.24) is 0 Å². The average Bonchev–Trinajstić information content (AvgIpc) is 2.15. The highest BCUT2D eigenvalue weighted by atomic mass is 32.2. The normalized spacial score (nSPS) is 11.9. The summed E-state index contributed by atoms with van der Waals surface area (Å²) in [6.45, 7) is 3.10. The Hall–Kier alpha value is -1.41. The van der Waals surface area contributed by atoms with Crippen molar-refractivity contribution in [1.29, 1.82) is 0 Å². The van der Waals surface area contributed by atoms with E-state index in [0.29, 0.717) is 0 Å². The molecular weight excluding hydrogens is 226 g/mol. The highest BCUT2D eigenvalue weighted by molar-refractivity contribution is 7.72. The summed E-state index contributed by atoms with van der Waals surface area (Å²) in [6.07, 6.45) is -1.08. The maximum absolute atomic E-state index is 10.9. The molecule has 7 nitrogen and oxygen atoms in total. The van der Waals surface area contributed by atoms with E-state index in [9.17, 15) is 18.0 Å². The number of carbonyl (C=O) groups is 2. The Morgan fingerprint density at radius 3 is 2.53 bits per heavy atom. The first-order valence-electron chi connectivity index (χ1n) is 3.85. The highest BCUT2D eigenvalue weighted by Crippen LogP contribution is 1.93.